The first kappa shape index (κ1) is 15.9. The Balaban J connectivity index is 2.16. The van der Waals surface area contributed by atoms with Gasteiger partial charge in [0.1, 0.15) is 0 Å². The average Bonchev–Trinajstić information content (AvgIpc) is 2.59. The number of likely N-dealkylation sites (N-methyl/N-ethyl adjacent to an activating group) is 1. The second kappa shape index (κ2) is 7.54. The second-order valence-corrected chi connectivity index (χ2v) is 4.91. The van der Waals surface area contributed by atoms with E-state index in [9.17, 15) is 0 Å². The van der Waals surface area contributed by atoms with Crippen molar-refractivity contribution in [1.82, 2.24) is 4.98 Å². The van der Waals surface area contributed by atoms with Gasteiger partial charge in [-0.15, -0.1) is 0 Å². The minimum Gasteiger partial charge on any atom is -0.493 e. The monoisotopic (exact) mass is 302 g/mol. The summed E-state index contributed by atoms with van der Waals surface area (Å²) in [5.74, 6) is 1.93. The normalized spacial score (nSPS) is 10.2. The van der Waals surface area contributed by atoms with Crippen molar-refractivity contribution < 1.29 is 14.2 Å². The van der Waals surface area contributed by atoms with E-state index in [2.05, 4.69) is 9.88 Å². The molecule has 2 rings (SSSR count). The van der Waals surface area contributed by atoms with Crippen molar-refractivity contribution in [3.63, 3.8) is 0 Å². The molecule has 0 N–H and O–H groups in total. The van der Waals surface area contributed by atoms with Gasteiger partial charge in [-0.05, 0) is 24.1 Å². The first-order valence-corrected chi connectivity index (χ1v) is 7.09. The summed E-state index contributed by atoms with van der Waals surface area (Å²) in [6, 6.07) is 7.97. The van der Waals surface area contributed by atoms with Crippen LogP contribution in [0.3, 0.4) is 0 Å². The Kier molecular flexibility index (Phi) is 5.47. The van der Waals surface area contributed by atoms with E-state index in [1.165, 1.54) is 5.56 Å². The van der Waals surface area contributed by atoms with E-state index in [1.807, 2.05) is 43.7 Å². The summed E-state index contributed by atoms with van der Waals surface area (Å²) in [6.07, 6.45) is 4.57. The Hall–Kier alpha value is -2.43. The Bertz CT molecular complexity index is 577. The molecule has 0 aliphatic rings. The van der Waals surface area contributed by atoms with Gasteiger partial charge in [0.05, 0.1) is 21.3 Å². The summed E-state index contributed by atoms with van der Waals surface area (Å²) in [5.41, 5.74) is 2.28. The largest absolute Gasteiger partial charge is 0.493 e. The Labute approximate surface area is 131 Å². The van der Waals surface area contributed by atoms with Gasteiger partial charge >= 0.3 is 0 Å². The van der Waals surface area contributed by atoms with E-state index < -0.39 is 0 Å². The molecule has 0 atom stereocenters. The van der Waals surface area contributed by atoms with Crippen LogP contribution >= 0.6 is 0 Å². The van der Waals surface area contributed by atoms with E-state index >= 15 is 0 Å². The molecule has 1 aromatic carbocycles. The number of methoxy groups -OCH3 is 3. The summed E-state index contributed by atoms with van der Waals surface area (Å²) >= 11 is 0. The minimum atomic E-state index is 0.608. The first-order chi connectivity index (χ1) is 10.7. The molecule has 0 aliphatic carbocycles. The summed E-state index contributed by atoms with van der Waals surface area (Å²) in [5, 5.41) is 0. The van der Waals surface area contributed by atoms with Crippen molar-refractivity contribution in [2.24, 2.45) is 0 Å². The molecule has 118 valence electrons. The van der Waals surface area contributed by atoms with Crippen molar-refractivity contribution in [3.8, 4) is 17.2 Å². The fourth-order valence-electron chi connectivity index (χ4n) is 2.26. The number of anilines is 1. The van der Waals surface area contributed by atoms with Gasteiger partial charge in [-0.2, -0.15) is 0 Å². The Morgan fingerprint density at radius 2 is 1.55 bits per heavy atom. The molecule has 22 heavy (non-hydrogen) atoms. The van der Waals surface area contributed by atoms with Crippen LogP contribution in [0.5, 0.6) is 17.2 Å². The summed E-state index contributed by atoms with van der Waals surface area (Å²) in [7, 11) is 6.89. The van der Waals surface area contributed by atoms with Crippen LogP contribution in [-0.4, -0.2) is 39.9 Å². The number of hydrogen-bond acceptors (Lipinski definition) is 5. The quantitative estimate of drug-likeness (QED) is 0.787. The minimum absolute atomic E-state index is 0.608. The molecular weight excluding hydrogens is 280 g/mol. The van der Waals surface area contributed by atoms with Crippen molar-refractivity contribution >= 4 is 5.69 Å². The van der Waals surface area contributed by atoms with Crippen molar-refractivity contribution in [1.29, 1.82) is 0 Å². The van der Waals surface area contributed by atoms with Crippen LogP contribution in [0, 0.1) is 0 Å². The third kappa shape index (κ3) is 3.61. The zero-order valence-electron chi connectivity index (χ0n) is 13.5. The maximum absolute atomic E-state index is 5.39. The van der Waals surface area contributed by atoms with Crippen LogP contribution < -0.4 is 19.1 Å². The third-order valence-corrected chi connectivity index (χ3v) is 3.58. The molecule has 0 aliphatic heterocycles. The van der Waals surface area contributed by atoms with Crippen LogP contribution in [0.2, 0.25) is 0 Å². The van der Waals surface area contributed by atoms with Crippen molar-refractivity contribution in [3.05, 3.63) is 42.2 Å². The van der Waals surface area contributed by atoms with E-state index in [4.69, 9.17) is 14.2 Å². The SMILES string of the molecule is COc1cc(N(C)CCc2ccncc2)cc(OC)c1OC. The summed E-state index contributed by atoms with van der Waals surface area (Å²) < 4.78 is 16.1. The zero-order chi connectivity index (χ0) is 15.9. The van der Waals surface area contributed by atoms with Crippen LogP contribution in [0.15, 0.2) is 36.7 Å². The highest BCUT2D eigenvalue weighted by molar-refractivity contribution is 5.63. The molecule has 0 saturated carbocycles. The number of pyridine rings is 1. The highest BCUT2D eigenvalue weighted by atomic mass is 16.5. The Morgan fingerprint density at radius 3 is 2.05 bits per heavy atom. The van der Waals surface area contributed by atoms with Crippen LogP contribution in [0.4, 0.5) is 5.69 Å². The number of benzene rings is 1. The van der Waals surface area contributed by atoms with Crippen LogP contribution in [0.1, 0.15) is 5.56 Å². The number of hydrogen-bond donors (Lipinski definition) is 0. The fraction of sp³-hybridized carbons (Fsp3) is 0.353. The van der Waals surface area contributed by atoms with Crippen molar-refractivity contribution in [2.45, 2.75) is 6.42 Å². The molecule has 5 nitrogen and oxygen atoms in total. The van der Waals surface area contributed by atoms with Gasteiger partial charge in [-0.3, -0.25) is 4.98 Å². The number of rotatable bonds is 7. The lowest BCUT2D eigenvalue weighted by atomic mass is 10.2. The Morgan fingerprint density at radius 1 is 0.955 bits per heavy atom. The summed E-state index contributed by atoms with van der Waals surface area (Å²) in [6.45, 7) is 0.878. The average molecular weight is 302 g/mol. The maximum Gasteiger partial charge on any atom is 0.203 e. The van der Waals surface area contributed by atoms with Gasteiger partial charge in [-0.25, -0.2) is 0 Å². The molecule has 0 fully saturated rings. The smallest absolute Gasteiger partial charge is 0.203 e. The predicted octanol–water partition coefficient (Wildman–Crippen LogP) is 2.79. The van der Waals surface area contributed by atoms with Gasteiger partial charge in [0.15, 0.2) is 11.5 Å². The molecule has 0 saturated heterocycles. The van der Waals surface area contributed by atoms with Crippen molar-refractivity contribution in [2.75, 3.05) is 39.8 Å². The highest BCUT2D eigenvalue weighted by Gasteiger charge is 2.15. The molecule has 0 unspecified atom stereocenters. The number of ether oxygens (including phenoxy) is 3. The molecule has 0 radical (unpaired) electrons. The van der Waals surface area contributed by atoms with Gasteiger partial charge < -0.3 is 19.1 Å². The van der Waals surface area contributed by atoms with Gasteiger partial charge in [0.2, 0.25) is 5.75 Å². The van der Waals surface area contributed by atoms with Gasteiger partial charge in [0.25, 0.3) is 0 Å². The van der Waals surface area contributed by atoms with Crippen LogP contribution in [0.25, 0.3) is 0 Å². The molecule has 5 heteroatoms. The lowest BCUT2D eigenvalue weighted by Crippen LogP contribution is -2.20. The third-order valence-electron chi connectivity index (χ3n) is 3.58. The topological polar surface area (TPSA) is 43.8 Å². The molecule has 0 spiro atoms. The van der Waals surface area contributed by atoms with Gasteiger partial charge in [0, 0.05) is 43.8 Å². The lowest BCUT2D eigenvalue weighted by molar-refractivity contribution is 0.324. The van der Waals surface area contributed by atoms with Gasteiger partial charge in [-0.1, -0.05) is 0 Å². The standard InChI is InChI=1S/C17H22N2O3/c1-19(10-7-13-5-8-18-9-6-13)14-11-15(20-2)17(22-4)16(12-14)21-3/h5-6,8-9,11-12H,7,10H2,1-4H3. The zero-order valence-corrected chi connectivity index (χ0v) is 13.5. The molecular formula is C17H22N2O3. The second-order valence-electron chi connectivity index (χ2n) is 4.91. The fourth-order valence-corrected chi connectivity index (χ4v) is 2.26. The molecule has 1 aromatic heterocycles. The van der Waals surface area contributed by atoms with E-state index in [1.54, 1.807) is 21.3 Å². The number of aromatic nitrogens is 1. The highest BCUT2D eigenvalue weighted by Crippen LogP contribution is 2.40. The molecule has 0 amide bonds. The molecule has 2 aromatic rings. The van der Waals surface area contributed by atoms with E-state index in [0.717, 1.165) is 18.7 Å². The molecule has 1 heterocycles. The molecule has 0 bridgehead atoms. The summed E-state index contributed by atoms with van der Waals surface area (Å²) in [4.78, 5) is 6.19. The van der Waals surface area contributed by atoms with Crippen LogP contribution in [-0.2, 0) is 6.42 Å². The number of nitrogens with zero attached hydrogens (tertiary/aromatic N) is 2. The predicted molar refractivity (Wildman–Crippen MR) is 87.3 cm³/mol. The van der Waals surface area contributed by atoms with E-state index in [0.29, 0.717) is 17.2 Å². The van der Waals surface area contributed by atoms with E-state index in [-0.39, 0.29) is 0 Å². The lowest BCUT2D eigenvalue weighted by Gasteiger charge is -2.22. The maximum atomic E-state index is 5.39. The first-order valence-electron chi connectivity index (χ1n) is 7.09.